The van der Waals surface area contributed by atoms with Gasteiger partial charge >= 0.3 is 0 Å². The predicted molar refractivity (Wildman–Crippen MR) is 49.1 cm³/mol. The highest BCUT2D eigenvalue weighted by molar-refractivity contribution is 4.60. The van der Waals surface area contributed by atoms with Crippen LogP contribution >= 0.6 is 0 Å². The first kappa shape index (κ1) is 10.0. The Morgan fingerprint density at radius 2 is 2.17 bits per heavy atom. The molecular weight excluding hydrogens is 152 g/mol. The maximum Gasteiger partial charge on any atom is 0.147 e. The van der Waals surface area contributed by atoms with Crippen molar-refractivity contribution in [1.82, 2.24) is 0 Å². The van der Waals surface area contributed by atoms with Gasteiger partial charge in [-0.3, -0.25) is 0 Å². The molecule has 1 aliphatic rings. The third-order valence-electron chi connectivity index (χ3n) is 2.35. The molecule has 0 N–H and O–H groups in total. The largest absolute Gasteiger partial charge is 0.355 e. The van der Waals surface area contributed by atoms with Gasteiger partial charge in [0.05, 0.1) is 12.7 Å². The Kier molecular flexibility index (Phi) is 5.37. The minimum atomic E-state index is 0.482. The maximum atomic E-state index is 5.44. The Morgan fingerprint density at radius 1 is 1.25 bits per heavy atom. The second-order valence-electron chi connectivity index (χ2n) is 3.45. The van der Waals surface area contributed by atoms with Crippen LogP contribution in [0, 0.1) is 0 Å². The molecule has 0 spiro atoms. The summed E-state index contributed by atoms with van der Waals surface area (Å²) >= 11 is 0. The van der Waals surface area contributed by atoms with E-state index >= 15 is 0 Å². The van der Waals surface area contributed by atoms with Crippen LogP contribution in [0.3, 0.4) is 0 Å². The molecule has 1 fully saturated rings. The van der Waals surface area contributed by atoms with Crippen LogP contribution in [0.2, 0.25) is 0 Å². The van der Waals surface area contributed by atoms with E-state index in [2.05, 4.69) is 6.92 Å². The van der Waals surface area contributed by atoms with Crippen LogP contribution in [0.25, 0.3) is 0 Å². The lowest BCUT2D eigenvalue weighted by Gasteiger charge is -2.22. The average Bonchev–Trinajstić information content (AvgIpc) is 2.14. The van der Waals surface area contributed by atoms with Gasteiger partial charge in [0.15, 0.2) is 0 Å². The summed E-state index contributed by atoms with van der Waals surface area (Å²) in [4.78, 5) is 0. The Hall–Kier alpha value is -0.0800. The van der Waals surface area contributed by atoms with E-state index in [0.29, 0.717) is 12.9 Å². The molecule has 0 radical (unpaired) electrons. The molecule has 0 aromatic carbocycles. The number of hydrogen-bond donors (Lipinski definition) is 0. The van der Waals surface area contributed by atoms with Gasteiger partial charge in [-0.05, 0) is 12.8 Å². The van der Waals surface area contributed by atoms with E-state index in [1.165, 1.54) is 32.1 Å². The van der Waals surface area contributed by atoms with Gasteiger partial charge < -0.3 is 9.47 Å². The van der Waals surface area contributed by atoms with Gasteiger partial charge in [0, 0.05) is 0 Å². The van der Waals surface area contributed by atoms with Crippen LogP contribution in [-0.2, 0) is 9.47 Å². The molecular formula is C10H20O2. The molecule has 0 aromatic heterocycles. The second-order valence-corrected chi connectivity index (χ2v) is 3.45. The summed E-state index contributed by atoms with van der Waals surface area (Å²) in [5.41, 5.74) is 0. The van der Waals surface area contributed by atoms with Crippen molar-refractivity contribution < 1.29 is 9.47 Å². The minimum Gasteiger partial charge on any atom is -0.355 e. The van der Waals surface area contributed by atoms with Crippen LogP contribution in [0.4, 0.5) is 0 Å². The molecule has 0 bridgehead atoms. The van der Waals surface area contributed by atoms with E-state index in [0.717, 1.165) is 13.0 Å². The summed E-state index contributed by atoms with van der Waals surface area (Å²) in [6, 6.07) is 0. The van der Waals surface area contributed by atoms with Crippen molar-refractivity contribution in [1.29, 1.82) is 0 Å². The van der Waals surface area contributed by atoms with Crippen LogP contribution in [-0.4, -0.2) is 19.5 Å². The molecule has 0 aliphatic carbocycles. The van der Waals surface area contributed by atoms with E-state index in [9.17, 15) is 0 Å². The fourth-order valence-corrected chi connectivity index (χ4v) is 1.53. The van der Waals surface area contributed by atoms with Crippen molar-refractivity contribution in [3.63, 3.8) is 0 Å². The zero-order valence-corrected chi connectivity index (χ0v) is 8.05. The van der Waals surface area contributed by atoms with E-state index in [1.54, 1.807) is 0 Å². The molecule has 72 valence electrons. The van der Waals surface area contributed by atoms with Gasteiger partial charge in [0.2, 0.25) is 0 Å². The third-order valence-corrected chi connectivity index (χ3v) is 2.35. The highest BCUT2D eigenvalue weighted by Gasteiger charge is 2.12. The van der Waals surface area contributed by atoms with Gasteiger partial charge in [-0.15, -0.1) is 0 Å². The molecule has 1 unspecified atom stereocenters. The molecule has 0 saturated carbocycles. The minimum absolute atomic E-state index is 0.482. The van der Waals surface area contributed by atoms with Crippen molar-refractivity contribution >= 4 is 0 Å². The van der Waals surface area contributed by atoms with Crippen molar-refractivity contribution in [2.45, 2.75) is 51.6 Å². The standard InChI is InChI=1S/C10H20O2/c1-2-3-4-5-6-10-7-8-11-9-12-10/h10H,2-9H2,1H3. The van der Waals surface area contributed by atoms with Crippen molar-refractivity contribution in [3.8, 4) is 0 Å². The molecule has 2 heteroatoms. The Balaban J connectivity index is 1.91. The lowest BCUT2D eigenvalue weighted by molar-refractivity contribution is -0.140. The zero-order valence-electron chi connectivity index (χ0n) is 8.05. The zero-order chi connectivity index (χ0) is 8.65. The van der Waals surface area contributed by atoms with Gasteiger partial charge in [-0.25, -0.2) is 0 Å². The van der Waals surface area contributed by atoms with Crippen LogP contribution < -0.4 is 0 Å². The first-order valence-corrected chi connectivity index (χ1v) is 5.13. The molecule has 0 amide bonds. The molecule has 2 nitrogen and oxygen atoms in total. The van der Waals surface area contributed by atoms with Gasteiger partial charge in [-0.2, -0.15) is 0 Å². The normalized spacial score (nSPS) is 24.2. The van der Waals surface area contributed by atoms with Crippen molar-refractivity contribution in [2.75, 3.05) is 13.4 Å². The monoisotopic (exact) mass is 172 g/mol. The summed E-state index contributed by atoms with van der Waals surface area (Å²) in [6.45, 7) is 3.64. The predicted octanol–water partition coefficient (Wildman–Crippen LogP) is 2.72. The molecule has 1 saturated heterocycles. The smallest absolute Gasteiger partial charge is 0.147 e. The molecule has 1 rings (SSSR count). The third kappa shape index (κ3) is 4.07. The van der Waals surface area contributed by atoms with E-state index in [4.69, 9.17) is 9.47 Å². The van der Waals surface area contributed by atoms with Crippen LogP contribution in [0.15, 0.2) is 0 Å². The fraction of sp³-hybridized carbons (Fsp3) is 1.00. The highest BCUT2D eigenvalue weighted by atomic mass is 16.7. The summed E-state index contributed by atoms with van der Waals surface area (Å²) in [5.74, 6) is 0. The van der Waals surface area contributed by atoms with Crippen LogP contribution in [0.5, 0.6) is 0 Å². The van der Waals surface area contributed by atoms with E-state index in [-0.39, 0.29) is 0 Å². The lowest BCUT2D eigenvalue weighted by atomic mass is 10.1. The molecule has 1 atom stereocenters. The van der Waals surface area contributed by atoms with Gasteiger partial charge in [-0.1, -0.05) is 32.6 Å². The Bertz CT molecular complexity index is 98.0. The summed E-state index contributed by atoms with van der Waals surface area (Å²) in [7, 11) is 0. The van der Waals surface area contributed by atoms with E-state index < -0.39 is 0 Å². The maximum absolute atomic E-state index is 5.44. The summed E-state index contributed by atoms with van der Waals surface area (Å²) < 4.78 is 10.5. The van der Waals surface area contributed by atoms with Gasteiger partial charge in [0.25, 0.3) is 0 Å². The van der Waals surface area contributed by atoms with Crippen molar-refractivity contribution in [3.05, 3.63) is 0 Å². The quantitative estimate of drug-likeness (QED) is 0.594. The lowest BCUT2D eigenvalue weighted by Crippen LogP contribution is -2.23. The number of rotatable bonds is 5. The first-order valence-electron chi connectivity index (χ1n) is 5.13. The molecule has 0 aromatic rings. The Morgan fingerprint density at radius 3 is 2.83 bits per heavy atom. The highest BCUT2D eigenvalue weighted by Crippen LogP contribution is 2.14. The average molecular weight is 172 g/mol. The number of unbranched alkanes of at least 4 members (excludes halogenated alkanes) is 3. The Labute approximate surface area is 75.2 Å². The van der Waals surface area contributed by atoms with Gasteiger partial charge in [0.1, 0.15) is 6.79 Å². The van der Waals surface area contributed by atoms with Crippen molar-refractivity contribution in [2.24, 2.45) is 0 Å². The van der Waals surface area contributed by atoms with E-state index in [1.807, 2.05) is 0 Å². The number of ether oxygens (including phenoxy) is 2. The van der Waals surface area contributed by atoms with Crippen LogP contribution in [0.1, 0.15) is 45.4 Å². The first-order chi connectivity index (χ1) is 5.93. The molecule has 1 aliphatic heterocycles. The topological polar surface area (TPSA) is 18.5 Å². The fourth-order valence-electron chi connectivity index (χ4n) is 1.53. The molecule has 1 heterocycles. The summed E-state index contributed by atoms with van der Waals surface area (Å²) in [5, 5.41) is 0. The second kappa shape index (κ2) is 6.44. The number of hydrogen-bond acceptors (Lipinski definition) is 2. The summed E-state index contributed by atoms with van der Waals surface area (Å²) in [6.07, 6.45) is 8.15. The SMILES string of the molecule is CCCCCCC1CCOCO1. The molecule has 12 heavy (non-hydrogen) atoms.